The molecule has 0 unspecified atom stereocenters. The SMILES string of the molecule is N#Cc1ccc2[nH]c(C(=O)CCCCl)cc2c1. The van der Waals surface area contributed by atoms with E-state index in [0.29, 0.717) is 30.0 Å². The number of hydrogen-bond acceptors (Lipinski definition) is 2. The minimum Gasteiger partial charge on any atom is -0.352 e. The number of alkyl halides is 1. The molecule has 17 heavy (non-hydrogen) atoms. The van der Waals surface area contributed by atoms with Crippen molar-refractivity contribution in [3.8, 4) is 6.07 Å². The van der Waals surface area contributed by atoms with E-state index in [9.17, 15) is 4.79 Å². The van der Waals surface area contributed by atoms with Crippen molar-refractivity contribution in [3.63, 3.8) is 0 Å². The van der Waals surface area contributed by atoms with E-state index in [2.05, 4.69) is 11.1 Å². The highest BCUT2D eigenvalue weighted by atomic mass is 35.5. The number of fused-ring (bicyclic) bond motifs is 1. The molecule has 0 atom stereocenters. The molecule has 0 aliphatic heterocycles. The van der Waals surface area contributed by atoms with Gasteiger partial charge in [0.2, 0.25) is 0 Å². The van der Waals surface area contributed by atoms with Crippen LogP contribution in [0, 0.1) is 11.3 Å². The summed E-state index contributed by atoms with van der Waals surface area (Å²) >= 11 is 5.55. The number of halogens is 1. The van der Waals surface area contributed by atoms with Gasteiger partial charge in [-0.25, -0.2) is 0 Å². The maximum absolute atomic E-state index is 11.8. The molecular formula is C13H11ClN2O. The fraction of sp³-hybridized carbons (Fsp3) is 0.231. The predicted octanol–water partition coefficient (Wildman–Crippen LogP) is 3.24. The summed E-state index contributed by atoms with van der Waals surface area (Å²) in [6.45, 7) is 0. The van der Waals surface area contributed by atoms with Gasteiger partial charge in [-0.15, -0.1) is 11.6 Å². The summed E-state index contributed by atoms with van der Waals surface area (Å²) < 4.78 is 0. The van der Waals surface area contributed by atoms with E-state index < -0.39 is 0 Å². The molecule has 0 aliphatic rings. The summed E-state index contributed by atoms with van der Waals surface area (Å²) in [5.41, 5.74) is 2.05. The van der Waals surface area contributed by atoms with Crippen molar-refractivity contribution in [2.24, 2.45) is 0 Å². The number of hydrogen-bond donors (Lipinski definition) is 1. The molecule has 3 nitrogen and oxygen atoms in total. The van der Waals surface area contributed by atoms with Crippen LogP contribution in [-0.2, 0) is 0 Å². The first-order chi connectivity index (χ1) is 8.24. The van der Waals surface area contributed by atoms with Crippen molar-refractivity contribution in [3.05, 3.63) is 35.5 Å². The first kappa shape index (κ1) is 11.7. The zero-order valence-corrected chi connectivity index (χ0v) is 9.92. The summed E-state index contributed by atoms with van der Waals surface area (Å²) in [4.78, 5) is 14.8. The molecule has 0 saturated carbocycles. The Morgan fingerprint density at radius 3 is 2.94 bits per heavy atom. The van der Waals surface area contributed by atoms with Crippen LogP contribution in [0.3, 0.4) is 0 Å². The number of ketones is 1. The maximum Gasteiger partial charge on any atom is 0.179 e. The molecule has 0 amide bonds. The van der Waals surface area contributed by atoms with Crippen molar-refractivity contribution < 1.29 is 4.79 Å². The minimum absolute atomic E-state index is 0.0559. The van der Waals surface area contributed by atoms with Gasteiger partial charge in [0.1, 0.15) is 0 Å². The Morgan fingerprint density at radius 1 is 1.41 bits per heavy atom. The highest BCUT2D eigenvalue weighted by Crippen LogP contribution is 2.18. The third-order valence-electron chi connectivity index (χ3n) is 2.59. The number of carbonyl (C=O) groups is 1. The number of Topliss-reactive ketones (excluding diaryl/α,β-unsaturated/α-hetero) is 1. The second kappa shape index (κ2) is 5.03. The summed E-state index contributed by atoms with van der Waals surface area (Å²) in [7, 11) is 0. The Morgan fingerprint density at radius 2 is 2.24 bits per heavy atom. The Balaban J connectivity index is 2.32. The van der Waals surface area contributed by atoms with Crippen LogP contribution in [-0.4, -0.2) is 16.6 Å². The number of aromatic amines is 1. The molecule has 86 valence electrons. The first-order valence-corrected chi connectivity index (χ1v) is 5.90. The quantitative estimate of drug-likeness (QED) is 0.665. The van der Waals surface area contributed by atoms with Crippen LogP contribution >= 0.6 is 11.6 Å². The van der Waals surface area contributed by atoms with E-state index >= 15 is 0 Å². The summed E-state index contributed by atoms with van der Waals surface area (Å²) in [5.74, 6) is 0.547. The number of aromatic nitrogens is 1. The van der Waals surface area contributed by atoms with Crippen molar-refractivity contribution in [2.75, 3.05) is 5.88 Å². The molecule has 2 aromatic rings. The zero-order valence-electron chi connectivity index (χ0n) is 9.16. The predicted molar refractivity (Wildman–Crippen MR) is 67.3 cm³/mol. The van der Waals surface area contributed by atoms with Crippen molar-refractivity contribution in [1.82, 2.24) is 4.98 Å². The highest BCUT2D eigenvalue weighted by Gasteiger charge is 2.09. The molecule has 1 aromatic carbocycles. The van der Waals surface area contributed by atoms with Crippen molar-refractivity contribution in [1.29, 1.82) is 5.26 Å². The van der Waals surface area contributed by atoms with Gasteiger partial charge in [-0.1, -0.05) is 0 Å². The molecule has 0 bridgehead atoms. The number of nitrogens with zero attached hydrogens (tertiary/aromatic N) is 1. The fourth-order valence-corrected chi connectivity index (χ4v) is 1.85. The maximum atomic E-state index is 11.8. The van der Waals surface area contributed by atoms with E-state index in [0.717, 1.165) is 10.9 Å². The summed E-state index contributed by atoms with van der Waals surface area (Å²) in [5, 5.41) is 9.67. The summed E-state index contributed by atoms with van der Waals surface area (Å²) in [6.07, 6.45) is 1.13. The van der Waals surface area contributed by atoms with Crippen molar-refractivity contribution in [2.45, 2.75) is 12.8 Å². The van der Waals surface area contributed by atoms with Gasteiger partial charge >= 0.3 is 0 Å². The van der Waals surface area contributed by atoms with Gasteiger partial charge in [0, 0.05) is 23.2 Å². The van der Waals surface area contributed by atoms with Gasteiger partial charge in [0.15, 0.2) is 5.78 Å². The monoisotopic (exact) mass is 246 g/mol. The molecule has 1 heterocycles. The average Bonchev–Trinajstić information content (AvgIpc) is 2.78. The zero-order chi connectivity index (χ0) is 12.3. The van der Waals surface area contributed by atoms with Gasteiger partial charge in [0.05, 0.1) is 17.3 Å². The van der Waals surface area contributed by atoms with Crippen LogP contribution in [0.5, 0.6) is 0 Å². The van der Waals surface area contributed by atoms with Crippen LogP contribution < -0.4 is 0 Å². The number of rotatable bonds is 4. The van der Waals surface area contributed by atoms with Crippen LogP contribution in [0.25, 0.3) is 10.9 Å². The minimum atomic E-state index is 0.0559. The Labute approximate surface area is 104 Å². The third-order valence-corrected chi connectivity index (χ3v) is 2.85. The number of carbonyl (C=O) groups excluding carboxylic acids is 1. The topological polar surface area (TPSA) is 56.6 Å². The standard InChI is InChI=1S/C13H11ClN2O/c14-5-1-2-13(17)12-7-10-6-9(8-15)3-4-11(10)16-12/h3-4,6-7,16H,1-2,5H2. The number of nitrogens with one attached hydrogen (secondary N) is 1. The fourth-order valence-electron chi connectivity index (χ4n) is 1.71. The largest absolute Gasteiger partial charge is 0.352 e. The average molecular weight is 247 g/mol. The Hall–Kier alpha value is -1.79. The van der Waals surface area contributed by atoms with E-state index in [1.54, 1.807) is 18.2 Å². The lowest BCUT2D eigenvalue weighted by molar-refractivity contribution is 0.0978. The highest BCUT2D eigenvalue weighted by molar-refractivity contribution is 6.18. The Bertz CT molecular complexity index is 595. The second-order valence-corrected chi connectivity index (χ2v) is 4.19. The molecule has 0 spiro atoms. The third kappa shape index (κ3) is 2.48. The number of H-pyrrole nitrogens is 1. The van der Waals surface area contributed by atoms with E-state index in [4.69, 9.17) is 16.9 Å². The van der Waals surface area contributed by atoms with Gasteiger partial charge < -0.3 is 4.98 Å². The first-order valence-electron chi connectivity index (χ1n) is 5.36. The molecule has 4 heteroatoms. The van der Waals surface area contributed by atoms with Crippen LogP contribution in [0.2, 0.25) is 0 Å². The van der Waals surface area contributed by atoms with E-state index in [1.165, 1.54) is 0 Å². The lowest BCUT2D eigenvalue weighted by atomic mass is 10.1. The van der Waals surface area contributed by atoms with Crippen LogP contribution in [0.1, 0.15) is 28.9 Å². The molecule has 0 radical (unpaired) electrons. The lowest BCUT2D eigenvalue weighted by Gasteiger charge is -1.94. The van der Waals surface area contributed by atoms with Gasteiger partial charge in [0.25, 0.3) is 0 Å². The normalized spacial score (nSPS) is 10.4. The van der Waals surface area contributed by atoms with Gasteiger partial charge in [-0.05, 0) is 30.7 Å². The van der Waals surface area contributed by atoms with Gasteiger partial charge in [-0.2, -0.15) is 5.26 Å². The molecule has 1 aromatic heterocycles. The van der Waals surface area contributed by atoms with E-state index in [1.807, 2.05) is 6.07 Å². The van der Waals surface area contributed by atoms with Crippen molar-refractivity contribution >= 4 is 28.3 Å². The number of benzene rings is 1. The van der Waals surface area contributed by atoms with Gasteiger partial charge in [-0.3, -0.25) is 4.79 Å². The molecule has 1 N–H and O–H groups in total. The summed E-state index contributed by atoms with van der Waals surface area (Å²) in [6, 6.07) is 9.17. The second-order valence-electron chi connectivity index (χ2n) is 3.81. The van der Waals surface area contributed by atoms with Crippen LogP contribution in [0.15, 0.2) is 24.3 Å². The molecule has 0 aliphatic carbocycles. The molecule has 2 rings (SSSR count). The smallest absolute Gasteiger partial charge is 0.179 e. The molecular weight excluding hydrogens is 236 g/mol. The van der Waals surface area contributed by atoms with Crippen LogP contribution in [0.4, 0.5) is 0 Å². The lowest BCUT2D eigenvalue weighted by Crippen LogP contribution is -1.99. The van der Waals surface area contributed by atoms with E-state index in [-0.39, 0.29) is 5.78 Å². The Kier molecular flexibility index (Phi) is 3.46. The molecule has 0 saturated heterocycles. The molecule has 0 fully saturated rings. The number of nitriles is 1.